The van der Waals surface area contributed by atoms with Crippen LogP contribution < -0.4 is 0 Å². The third-order valence-electron chi connectivity index (χ3n) is 4.11. The highest BCUT2D eigenvalue weighted by atomic mass is 35.5. The predicted molar refractivity (Wildman–Crippen MR) is 97.9 cm³/mol. The van der Waals surface area contributed by atoms with E-state index in [1.54, 1.807) is 11.9 Å². The van der Waals surface area contributed by atoms with Crippen LogP contribution in [0.2, 0.25) is 5.02 Å². The molecule has 0 fully saturated rings. The number of hydrogen-bond acceptors (Lipinski definition) is 4. The molecule has 3 aromatic rings. The molecule has 6 heteroatoms. The average molecular weight is 358 g/mol. The number of fused-ring (bicyclic) bond motifs is 1. The monoisotopic (exact) mass is 357 g/mol. The summed E-state index contributed by atoms with van der Waals surface area (Å²) in [5.41, 5.74) is 3.42. The van der Waals surface area contributed by atoms with E-state index in [9.17, 15) is 4.79 Å². The Morgan fingerprint density at radius 2 is 2.08 bits per heavy atom. The number of carbonyl (C=O) groups is 1. The van der Waals surface area contributed by atoms with E-state index in [0.29, 0.717) is 33.9 Å². The number of carbonyl (C=O) groups excluding carboxylic acids is 1. The molecule has 1 amide bonds. The topological polar surface area (TPSA) is 59.2 Å². The Balaban J connectivity index is 1.99. The summed E-state index contributed by atoms with van der Waals surface area (Å²) < 4.78 is 5.29. The van der Waals surface area contributed by atoms with E-state index in [2.05, 4.69) is 10.1 Å². The van der Waals surface area contributed by atoms with Crippen molar-refractivity contribution in [1.29, 1.82) is 0 Å². The van der Waals surface area contributed by atoms with Gasteiger partial charge in [-0.25, -0.2) is 4.98 Å². The molecule has 0 spiro atoms. The predicted octanol–water partition coefficient (Wildman–Crippen LogP) is 4.58. The molecule has 3 rings (SSSR count). The van der Waals surface area contributed by atoms with Gasteiger partial charge in [0.1, 0.15) is 0 Å². The van der Waals surface area contributed by atoms with Gasteiger partial charge < -0.3 is 9.42 Å². The number of aryl methyl sites for hydroxylation is 1. The maximum atomic E-state index is 13.1. The highest BCUT2D eigenvalue weighted by Crippen LogP contribution is 2.26. The van der Waals surface area contributed by atoms with Crippen LogP contribution in [0, 0.1) is 6.92 Å². The van der Waals surface area contributed by atoms with Gasteiger partial charge >= 0.3 is 0 Å². The van der Waals surface area contributed by atoms with Crippen LogP contribution in [0.5, 0.6) is 0 Å². The van der Waals surface area contributed by atoms with Crippen LogP contribution in [-0.4, -0.2) is 28.0 Å². The zero-order chi connectivity index (χ0) is 18.1. The molecular formula is C19H20ClN3O2. The lowest BCUT2D eigenvalue weighted by molar-refractivity contribution is 0.0786. The molecule has 0 N–H and O–H groups in total. The summed E-state index contributed by atoms with van der Waals surface area (Å²) in [7, 11) is 1.77. The van der Waals surface area contributed by atoms with E-state index in [4.69, 9.17) is 16.1 Å². The summed E-state index contributed by atoms with van der Waals surface area (Å²) in [6.45, 7) is 6.34. The molecule has 0 bridgehead atoms. The van der Waals surface area contributed by atoms with Crippen molar-refractivity contribution in [2.45, 2.75) is 33.2 Å². The Morgan fingerprint density at radius 1 is 1.32 bits per heavy atom. The normalized spacial score (nSPS) is 11.3. The highest BCUT2D eigenvalue weighted by molar-refractivity contribution is 6.30. The average Bonchev–Trinajstić information content (AvgIpc) is 2.94. The minimum Gasteiger partial charge on any atom is -0.337 e. The molecule has 0 radical (unpaired) electrons. The third kappa shape index (κ3) is 3.51. The molecule has 1 aromatic carbocycles. The standard InChI is InChI=1S/C19H20ClN3O2/c1-11(2)16-9-15(17-12(3)22-25-18(17)21-16)19(24)23(4)10-13-6-5-7-14(20)8-13/h5-9,11H,10H2,1-4H3. The Labute approximate surface area is 151 Å². The van der Waals surface area contributed by atoms with E-state index in [1.165, 1.54) is 0 Å². The Bertz CT molecular complexity index is 934. The van der Waals surface area contributed by atoms with Crippen LogP contribution in [0.4, 0.5) is 0 Å². The number of aromatic nitrogens is 2. The van der Waals surface area contributed by atoms with Gasteiger partial charge in [-0.05, 0) is 36.6 Å². The number of rotatable bonds is 4. The van der Waals surface area contributed by atoms with Gasteiger partial charge in [0.15, 0.2) is 0 Å². The molecule has 2 heterocycles. The lowest BCUT2D eigenvalue weighted by atomic mass is 10.0. The summed E-state index contributed by atoms with van der Waals surface area (Å²) in [6, 6.07) is 9.34. The second-order valence-corrected chi connectivity index (χ2v) is 6.93. The van der Waals surface area contributed by atoms with E-state index >= 15 is 0 Å². The number of amides is 1. The van der Waals surface area contributed by atoms with Gasteiger partial charge in [-0.2, -0.15) is 0 Å². The first kappa shape index (κ1) is 17.4. The van der Waals surface area contributed by atoms with Crippen LogP contribution >= 0.6 is 11.6 Å². The van der Waals surface area contributed by atoms with Gasteiger partial charge in [0.2, 0.25) is 0 Å². The van der Waals surface area contributed by atoms with Crippen LogP contribution in [-0.2, 0) is 6.54 Å². The largest absolute Gasteiger partial charge is 0.337 e. The summed E-state index contributed by atoms with van der Waals surface area (Å²) in [5.74, 6) is 0.0835. The minimum atomic E-state index is -0.0967. The zero-order valence-electron chi connectivity index (χ0n) is 14.7. The second kappa shape index (κ2) is 6.84. The van der Waals surface area contributed by atoms with Gasteiger partial charge in [0, 0.05) is 24.3 Å². The van der Waals surface area contributed by atoms with Gasteiger partial charge in [-0.3, -0.25) is 4.79 Å². The quantitative estimate of drug-likeness (QED) is 0.685. The second-order valence-electron chi connectivity index (χ2n) is 6.49. The first-order valence-electron chi connectivity index (χ1n) is 8.13. The lowest BCUT2D eigenvalue weighted by Gasteiger charge is -2.18. The molecule has 0 aliphatic heterocycles. The molecule has 130 valence electrons. The van der Waals surface area contributed by atoms with Gasteiger partial charge in [-0.1, -0.05) is 42.7 Å². The molecule has 0 aliphatic carbocycles. The van der Waals surface area contributed by atoms with E-state index < -0.39 is 0 Å². The Kier molecular flexibility index (Phi) is 4.77. The van der Waals surface area contributed by atoms with E-state index in [0.717, 1.165) is 11.3 Å². The van der Waals surface area contributed by atoms with Crippen molar-refractivity contribution in [3.8, 4) is 0 Å². The van der Waals surface area contributed by atoms with E-state index in [-0.39, 0.29) is 11.8 Å². The fourth-order valence-corrected chi connectivity index (χ4v) is 2.98. The molecule has 0 atom stereocenters. The third-order valence-corrected chi connectivity index (χ3v) is 4.35. The number of nitrogens with zero attached hydrogens (tertiary/aromatic N) is 3. The van der Waals surface area contributed by atoms with Crippen LogP contribution in [0.25, 0.3) is 11.1 Å². The number of halogens is 1. The molecule has 0 unspecified atom stereocenters. The van der Waals surface area contributed by atoms with Crippen LogP contribution in [0.1, 0.15) is 47.1 Å². The number of pyridine rings is 1. The summed E-state index contributed by atoms with van der Waals surface area (Å²) in [6.07, 6.45) is 0. The summed E-state index contributed by atoms with van der Waals surface area (Å²) >= 11 is 6.03. The smallest absolute Gasteiger partial charge is 0.259 e. The zero-order valence-corrected chi connectivity index (χ0v) is 15.5. The van der Waals surface area contributed by atoms with Crippen LogP contribution in [0.3, 0.4) is 0 Å². The minimum absolute atomic E-state index is 0.0967. The van der Waals surface area contributed by atoms with Crippen molar-refractivity contribution in [3.05, 3.63) is 57.9 Å². The molecule has 25 heavy (non-hydrogen) atoms. The van der Waals surface area contributed by atoms with E-state index in [1.807, 2.05) is 51.1 Å². The summed E-state index contributed by atoms with van der Waals surface area (Å²) in [5, 5.41) is 5.30. The van der Waals surface area contributed by atoms with Crippen molar-refractivity contribution in [2.24, 2.45) is 0 Å². The van der Waals surface area contributed by atoms with Crippen molar-refractivity contribution < 1.29 is 9.32 Å². The molecule has 0 saturated heterocycles. The highest BCUT2D eigenvalue weighted by Gasteiger charge is 2.22. The van der Waals surface area contributed by atoms with Crippen molar-refractivity contribution >= 4 is 28.6 Å². The molecule has 0 saturated carbocycles. The van der Waals surface area contributed by atoms with Gasteiger partial charge in [-0.15, -0.1) is 0 Å². The SMILES string of the molecule is Cc1noc2nc(C(C)C)cc(C(=O)N(C)Cc3cccc(Cl)c3)c12. The first-order valence-corrected chi connectivity index (χ1v) is 8.51. The maximum absolute atomic E-state index is 13.1. The fraction of sp³-hybridized carbons (Fsp3) is 0.316. The van der Waals surface area contributed by atoms with Crippen molar-refractivity contribution in [3.63, 3.8) is 0 Å². The first-order chi connectivity index (χ1) is 11.9. The molecular weight excluding hydrogens is 338 g/mol. The fourth-order valence-electron chi connectivity index (χ4n) is 2.76. The van der Waals surface area contributed by atoms with Gasteiger partial charge in [0.25, 0.3) is 11.6 Å². The Hall–Kier alpha value is -2.40. The van der Waals surface area contributed by atoms with Crippen molar-refractivity contribution in [2.75, 3.05) is 7.05 Å². The van der Waals surface area contributed by atoms with Crippen LogP contribution in [0.15, 0.2) is 34.9 Å². The number of benzene rings is 1. The summed E-state index contributed by atoms with van der Waals surface area (Å²) in [4.78, 5) is 19.2. The molecule has 2 aromatic heterocycles. The lowest BCUT2D eigenvalue weighted by Crippen LogP contribution is -2.26. The van der Waals surface area contributed by atoms with Gasteiger partial charge in [0.05, 0.1) is 16.6 Å². The number of hydrogen-bond donors (Lipinski definition) is 0. The maximum Gasteiger partial charge on any atom is 0.259 e. The Morgan fingerprint density at radius 3 is 2.76 bits per heavy atom. The molecule has 5 nitrogen and oxygen atoms in total. The molecule has 0 aliphatic rings. The van der Waals surface area contributed by atoms with Crippen molar-refractivity contribution in [1.82, 2.24) is 15.0 Å².